The molecule has 4 heteroatoms. The van der Waals surface area contributed by atoms with Crippen molar-refractivity contribution in [3.63, 3.8) is 0 Å². The zero-order valence-corrected chi connectivity index (χ0v) is 7.25. The van der Waals surface area contributed by atoms with Gasteiger partial charge in [-0.05, 0) is 6.92 Å². The molecule has 1 aromatic heterocycles. The van der Waals surface area contributed by atoms with Gasteiger partial charge in [-0.25, -0.2) is 0 Å². The third kappa shape index (κ3) is 1.43. The van der Waals surface area contributed by atoms with Crippen molar-refractivity contribution in [2.75, 3.05) is 24.5 Å². The summed E-state index contributed by atoms with van der Waals surface area (Å²) in [5.41, 5.74) is 0. The Labute approximate surface area is 72.0 Å². The van der Waals surface area contributed by atoms with Gasteiger partial charge in [0.05, 0.1) is 6.20 Å². The fourth-order valence-electron chi connectivity index (χ4n) is 1.58. The normalized spacial score (nSPS) is 24.4. The first-order valence-electron chi connectivity index (χ1n) is 4.34. The molecule has 2 rings (SSSR count). The predicted octanol–water partition coefficient (Wildman–Crippen LogP) is 0.208. The van der Waals surface area contributed by atoms with Crippen LogP contribution in [0, 0.1) is 0 Å². The maximum atomic E-state index is 3.94. The summed E-state index contributed by atoms with van der Waals surface area (Å²) in [4.78, 5) is 2.31. The van der Waals surface area contributed by atoms with E-state index in [2.05, 4.69) is 27.3 Å². The lowest BCUT2D eigenvalue weighted by molar-refractivity contribution is 0.482. The number of nitrogens with one attached hydrogen (secondary N) is 2. The van der Waals surface area contributed by atoms with Gasteiger partial charge in [0.2, 0.25) is 0 Å². The van der Waals surface area contributed by atoms with E-state index in [9.17, 15) is 0 Å². The highest BCUT2D eigenvalue weighted by Gasteiger charge is 2.15. The quantitative estimate of drug-likeness (QED) is 0.626. The maximum absolute atomic E-state index is 3.94. The SMILES string of the molecule is CC1CN(c2ccn[nH]2)CCN1. The highest BCUT2D eigenvalue weighted by atomic mass is 15.3. The van der Waals surface area contributed by atoms with Crippen molar-refractivity contribution in [1.82, 2.24) is 15.5 Å². The zero-order chi connectivity index (χ0) is 8.39. The van der Waals surface area contributed by atoms with Crippen LogP contribution >= 0.6 is 0 Å². The third-order valence-electron chi connectivity index (χ3n) is 2.20. The summed E-state index contributed by atoms with van der Waals surface area (Å²) in [7, 11) is 0. The molecule has 66 valence electrons. The monoisotopic (exact) mass is 166 g/mol. The fraction of sp³-hybridized carbons (Fsp3) is 0.625. The van der Waals surface area contributed by atoms with Gasteiger partial charge >= 0.3 is 0 Å². The average molecular weight is 166 g/mol. The molecule has 1 aliphatic heterocycles. The lowest BCUT2D eigenvalue weighted by Crippen LogP contribution is -2.49. The molecule has 12 heavy (non-hydrogen) atoms. The van der Waals surface area contributed by atoms with Crippen LogP contribution in [0.2, 0.25) is 0 Å². The van der Waals surface area contributed by atoms with E-state index in [1.54, 1.807) is 6.20 Å². The van der Waals surface area contributed by atoms with E-state index in [0.717, 1.165) is 25.5 Å². The molecule has 1 fully saturated rings. The molecule has 1 saturated heterocycles. The van der Waals surface area contributed by atoms with Crippen LogP contribution in [0.4, 0.5) is 5.82 Å². The van der Waals surface area contributed by atoms with E-state index in [4.69, 9.17) is 0 Å². The molecule has 4 nitrogen and oxygen atoms in total. The number of rotatable bonds is 1. The third-order valence-corrected chi connectivity index (χ3v) is 2.20. The summed E-state index contributed by atoms with van der Waals surface area (Å²) in [6.45, 7) is 5.37. The van der Waals surface area contributed by atoms with Crippen molar-refractivity contribution in [2.45, 2.75) is 13.0 Å². The molecule has 0 aliphatic carbocycles. The summed E-state index contributed by atoms with van der Waals surface area (Å²) in [5.74, 6) is 1.13. The Hall–Kier alpha value is -1.03. The Kier molecular flexibility index (Phi) is 1.99. The minimum absolute atomic E-state index is 0.571. The van der Waals surface area contributed by atoms with Crippen molar-refractivity contribution < 1.29 is 0 Å². The number of hydrogen-bond donors (Lipinski definition) is 2. The van der Waals surface area contributed by atoms with Crippen LogP contribution in [0.3, 0.4) is 0 Å². The molecule has 0 bridgehead atoms. The molecule has 0 saturated carbocycles. The van der Waals surface area contributed by atoms with E-state index in [-0.39, 0.29) is 0 Å². The number of anilines is 1. The summed E-state index contributed by atoms with van der Waals surface area (Å²) >= 11 is 0. The van der Waals surface area contributed by atoms with Gasteiger partial charge in [0, 0.05) is 31.7 Å². The molecule has 0 aromatic carbocycles. The number of aromatic nitrogens is 2. The fourth-order valence-corrected chi connectivity index (χ4v) is 1.58. The average Bonchev–Trinajstić information content (AvgIpc) is 2.56. The van der Waals surface area contributed by atoms with E-state index < -0.39 is 0 Å². The molecule has 0 radical (unpaired) electrons. The van der Waals surface area contributed by atoms with Crippen LogP contribution in [0.25, 0.3) is 0 Å². The summed E-state index contributed by atoms with van der Waals surface area (Å²) in [6.07, 6.45) is 1.79. The Bertz CT molecular complexity index is 231. The second-order valence-electron chi connectivity index (χ2n) is 3.24. The topological polar surface area (TPSA) is 44.0 Å². The van der Waals surface area contributed by atoms with Crippen molar-refractivity contribution in [3.8, 4) is 0 Å². The second kappa shape index (κ2) is 3.15. The number of H-pyrrole nitrogens is 1. The molecule has 1 atom stereocenters. The van der Waals surface area contributed by atoms with Gasteiger partial charge in [-0.15, -0.1) is 0 Å². The summed E-state index contributed by atoms with van der Waals surface area (Å²) < 4.78 is 0. The molecular formula is C8H14N4. The van der Waals surface area contributed by atoms with Crippen molar-refractivity contribution >= 4 is 5.82 Å². The van der Waals surface area contributed by atoms with Gasteiger partial charge < -0.3 is 10.2 Å². The Balaban J connectivity index is 2.04. The molecule has 1 unspecified atom stereocenters. The second-order valence-corrected chi connectivity index (χ2v) is 3.24. The van der Waals surface area contributed by atoms with E-state index in [1.807, 2.05) is 6.07 Å². The minimum atomic E-state index is 0.571. The first kappa shape index (κ1) is 7.61. The Morgan fingerprint density at radius 3 is 3.25 bits per heavy atom. The number of hydrogen-bond acceptors (Lipinski definition) is 3. The number of piperazine rings is 1. The highest BCUT2D eigenvalue weighted by Crippen LogP contribution is 2.10. The highest BCUT2D eigenvalue weighted by molar-refractivity contribution is 5.37. The molecule has 0 amide bonds. The van der Waals surface area contributed by atoms with Crippen LogP contribution in [-0.4, -0.2) is 35.9 Å². The molecule has 1 aliphatic rings. The van der Waals surface area contributed by atoms with E-state index >= 15 is 0 Å². The van der Waals surface area contributed by atoms with Crippen molar-refractivity contribution in [2.24, 2.45) is 0 Å². The van der Waals surface area contributed by atoms with Crippen LogP contribution < -0.4 is 10.2 Å². The van der Waals surface area contributed by atoms with Gasteiger partial charge in [-0.2, -0.15) is 5.10 Å². The van der Waals surface area contributed by atoms with Gasteiger partial charge in [0.25, 0.3) is 0 Å². The molecule has 0 spiro atoms. The van der Waals surface area contributed by atoms with Crippen LogP contribution in [0.5, 0.6) is 0 Å². The van der Waals surface area contributed by atoms with Crippen LogP contribution in [0.1, 0.15) is 6.92 Å². The van der Waals surface area contributed by atoms with E-state index in [0.29, 0.717) is 6.04 Å². The Morgan fingerprint density at radius 1 is 1.67 bits per heavy atom. The minimum Gasteiger partial charge on any atom is -0.354 e. The maximum Gasteiger partial charge on any atom is 0.124 e. The van der Waals surface area contributed by atoms with Gasteiger partial charge in [0.15, 0.2) is 0 Å². The lowest BCUT2D eigenvalue weighted by atomic mass is 10.2. The predicted molar refractivity (Wildman–Crippen MR) is 48.3 cm³/mol. The van der Waals surface area contributed by atoms with Crippen LogP contribution in [-0.2, 0) is 0 Å². The standard InChI is InChI=1S/C8H14N4/c1-7-6-12(5-4-9-7)8-2-3-10-11-8/h2-3,7,9H,4-6H2,1H3,(H,10,11). The largest absolute Gasteiger partial charge is 0.354 e. The van der Waals surface area contributed by atoms with Crippen LogP contribution in [0.15, 0.2) is 12.3 Å². The zero-order valence-electron chi connectivity index (χ0n) is 7.25. The van der Waals surface area contributed by atoms with Crippen molar-refractivity contribution in [1.29, 1.82) is 0 Å². The number of nitrogens with zero attached hydrogens (tertiary/aromatic N) is 2. The van der Waals surface area contributed by atoms with Gasteiger partial charge in [-0.3, -0.25) is 5.10 Å². The first-order valence-corrected chi connectivity index (χ1v) is 4.34. The molecule has 2 N–H and O–H groups in total. The Morgan fingerprint density at radius 2 is 2.58 bits per heavy atom. The number of aromatic amines is 1. The van der Waals surface area contributed by atoms with E-state index in [1.165, 1.54) is 0 Å². The van der Waals surface area contributed by atoms with Gasteiger partial charge in [-0.1, -0.05) is 0 Å². The van der Waals surface area contributed by atoms with Gasteiger partial charge in [0.1, 0.15) is 5.82 Å². The smallest absolute Gasteiger partial charge is 0.124 e. The first-order chi connectivity index (χ1) is 5.86. The lowest BCUT2D eigenvalue weighted by Gasteiger charge is -2.32. The summed E-state index contributed by atoms with van der Waals surface area (Å²) in [5, 5.41) is 10.3. The van der Waals surface area contributed by atoms with Crippen molar-refractivity contribution in [3.05, 3.63) is 12.3 Å². The summed E-state index contributed by atoms with van der Waals surface area (Å²) in [6, 6.07) is 2.58. The molecular weight excluding hydrogens is 152 g/mol. The molecule has 2 heterocycles. The molecule has 1 aromatic rings.